The van der Waals surface area contributed by atoms with Crippen LogP contribution in [0.2, 0.25) is 0 Å². The molecule has 0 saturated heterocycles. The van der Waals surface area contributed by atoms with E-state index in [1.807, 2.05) is 29.2 Å². The van der Waals surface area contributed by atoms with E-state index in [9.17, 15) is 18.0 Å². The number of H-pyrrole nitrogens is 1. The summed E-state index contributed by atoms with van der Waals surface area (Å²) in [4.78, 5) is 35.4. The molecule has 1 N–H and O–H groups in total. The van der Waals surface area contributed by atoms with E-state index in [2.05, 4.69) is 62.2 Å². The quantitative estimate of drug-likeness (QED) is 0.197. The van der Waals surface area contributed by atoms with Crippen LogP contribution in [0.3, 0.4) is 0 Å². The van der Waals surface area contributed by atoms with Crippen molar-refractivity contribution in [2.75, 3.05) is 5.75 Å². The number of tetrazole rings is 1. The van der Waals surface area contributed by atoms with Gasteiger partial charge in [0.05, 0.1) is 16.7 Å². The monoisotopic (exact) mass is 688 g/mol. The van der Waals surface area contributed by atoms with Crippen LogP contribution in [0.1, 0.15) is 133 Å². The lowest BCUT2D eigenvalue weighted by Gasteiger charge is -2.47. The molecule has 0 bridgehead atoms. The van der Waals surface area contributed by atoms with Gasteiger partial charge in [0.1, 0.15) is 11.4 Å². The van der Waals surface area contributed by atoms with Crippen molar-refractivity contribution in [1.29, 1.82) is 0 Å². The summed E-state index contributed by atoms with van der Waals surface area (Å²) in [6, 6.07) is 14.2. The molecule has 10 nitrogen and oxygen atoms in total. The predicted octanol–water partition coefficient (Wildman–Crippen LogP) is 7.33. The summed E-state index contributed by atoms with van der Waals surface area (Å²) in [5.74, 6) is 0.952. The van der Waals surface area contributed by atoms with E-state index in [1.165, 1.54) is 0 Å². The molecule has 1 fully saturated rings. The van der Waals surface area contributed by atoms with Gasteiger partial charge >= 0.3 is 0 Å². The molecule has 1 atom stereocenters. The number of aromatic nitrogens is 4. The summed E-state index contributed by atoms with van der Waals surface area (Å²) < 4.78 is 25.7. The maximum Gasteiger partial charge on any atom is 0.275 e. The minimum atomic E-state index is -3.47. The molecule has 11 heteroatoms. The second kappa shape index (κ2) is 14.2. The normalized spacial score (nSPS) is 20.9. The van der Waals surface area contributed by atoms with Crippen LogP contribution in [0.15, 0.2) is 58.4 Å². The van der Waals surface area contributed by atoms with Crippen molar-refractivity contribution in [2.45, 2.75) is 123 Å². The van der Waals surface area contributed by atoms with E-state index in [-0.39, 0.29) is 39.2 Å². The van der Waals surface area contributed by atoms with Crippen molar-refractivity contribution >= 4 is 27.2 Å². The Morgan fingerprint density at radius 3 is 2.33 bits per heavy atom. The number of aliphatic imine (C=N–C) groups is 1. The number of sulfone groups is 1. The Balaban J connectivity index is 1.50. The zero-order chi connectivity index (χ0) is 35.6. The Kier molecular flexibility index (Phi) is 10.6. The van der Waals surface area contributed by atoms with E-state index < -0.39 is 15.5 Å². The Morgan fingerprint density at radius 2 is 1.73 bits per heavy atom. The first-order valence-electron chi connectivity index (χ1n) is 17.7. The van der Waals surface area contributed by atoms with Gasteiger partial charge in [-0.25, -0.2) is 8.42 Å². The molecule has 5 rings (SSSR count). The van der Waals surface area contributed by atoms with E-state index in [1.54, 1.807) is 31.2 Å². The van der Waals surface area contributed by atoms with Gasteiger partial charge in [0.25, 0.3) is 5.91 Å². The first-order chi connectivity index (χ1) is 23.0. The molecule has 1 aromatic heterocycles. The fourth-order valence-electron chi connectivity index (χ4n) is 7.28. The lowest BCUT2D eigenvalue weighted by molar-refractivity contribution is -0.134. The van der Waals surface area contributed by atoms with Gasteiger partial charge in [0.15, 0.2) is 21.4 Å². The van der Waals surface area contributed by atoms with Crippen LogP contribution in [0.25, 0.3) is 0 Å². The largest absolute Gasteiger partial charge is 0.305 e. The smallest absolute Gasteiger partial charge is 0.275 e. The average molecular weight is 689 g/mol. The lowest BCUT2D eigenvalue weighted by Crippen LogP contribution is -2.51. The zero-order valence-electron chi connectivity index (χ0n) is 30.1. The number of aryl methyl sites for hydroxylation is 1. The molecule has 1 saturated carbocycles. The molecule has 2 heterocycles. The molecule has 1 aliphatic carbocycles. The first-order valence-corrected chi connectivity index (χ1v) is 19.3. The minimum Gasteiger partial charge on any atom is -0.305 e. The molecule has 2 aliphatic rings. The van der Waals surface area contributed by atoms with Gasteiger partial charge in [-0.3, -0.25) is 14.6 Å². The summed E-state index contributed by atoms with van der Waals surface area (Å²) in [5, 5.41) is 13.9. The van der Waals surface area contributed by atoms with Crippen molar-refractivity contribution in [3.63, 3.8) is 0 Å². The molecule has 1 aliphatic heterocycles. The Hall–Kier alpha value is -3.73. The van der Waals surface area contributed by atoms with Crippen molar-refractivity contribution in [2.24, 2.45) is 21.7 Å². The van der Waals surface area contributed by atoms with Crippen LogP contribution < -0.4 is 0 Å². The molecule has 1 amide bonds. The third kappa shape index (κ3) is 8.36. The standard InChI is InChI=1S/C38H52N6O4S/c1-8-49(47,48)30-12-9-11-28(25-30)34-35(46)44(38(39-34)23-19-29(20-24-38)37(5,6)7)31(21-22-36(2,3)4)26-15-17-27(18-16-26)32(45)13-10-14-33-40-42-43-41-33/h9,11-12,15-18,25,29,31H,8,10,13-14,19-24H2,1-7H3,(H,40,41,42,43). The SMILES string of the molecule is CCS(=O)(=O)c1cccc(C2=NC3(CCC(C(C)(C)C)CC3)N(C(CCC(C)(C)C)c3ccc(C(=O)CCCc4nn[nH]n4)cc3)C2=O)c1. The molecule has 3 aromatic rings. The Labute approximate surface area is 291 Å². The number of carbonyl (C=O) groups excluding carboxylic acids is 2. The Bertz CT molecular complexity index is 1760. The molecule has 1 spiro atoms. The van der Waals surface area contributed by atoms with Gasteiger partial charge < -0.3 is 4.90 Å². The minimum absolute atomic E-state index is 0.0205. The van der Waals surface area contributed by atoms with Gasteiger partial charge in [0, 0.05) is 24.0 Å². The molecular weight excluding hydrogens is 637 g/mol. The molecular formula is C38H52N6O4S. The first kappa shape index (κ1) is 36.5. The van der Waals surface area contributed by atoms with Crippen molar-refractivity contribution in [3.05, 3.63) is 71.0 Å². The summed E-state index contributed by atoms with van der Waals surface area (Å²) in [6.45, 7) is 15.1. The molecule has 1 unspecified atom stereocenters. The summed E-state index contributed by atoms with van der Waals surface area (Å²) in [6.07, 6.45) is 6.52. The predicted molar refractivity (Wildman–Crippen MR) is 191 cm³/mol. The van der Waals surface area contributed by atoms with Crippen LogP contribution in [0, 0.1) is 16.7 Å². The highest BCUT2D eigenvalue weighted by molar-refractivity contribution is 7.91. The topological polar surface area (TPSA) is 138 Å². The number of ketones is 1. The summed E-state index contributed by atoms with van der Waals surface area (Å²) in [7, 11) is -3.47. The van der Waals surface area contributed by atoms with Crippen LogP contribution in [-0.2, 0) is 21.1 Å². The zero-order valence-corrected chi connectivity index (χ0v) is 30.9. The number of Topliss-reactive ketones (excluding diaryl/α,β-unsaturated/α-hetero) is 1. The molecule has 2 aromatic carbocycles. The Morgan fingerprint density at radius 1 is 1.04 bits per heavy atom. The van der Waals surface area contributed by atoms with E-state index >= 15 is 0 Å². The number of rotatable bonds is 12. The maximum atomic E-state index is 14.8. The number of amides is 1. The van der Waals surface area contributed by atoms with E-state index in [4.69, 9.17) is 4.99 Å². The summed E-state index contributed by atoms with van der Waals surface area (Å²) >= 11 is 0. The van der Waals surface area contributed by atoms with Gasteiger partial charge in [-0.05, 0) is 79.4 Å². The lowest BCUT2D eigenvalue weighted by atomic mass is 9.69. The number of nitrogens with zero attached hydrogens (tertiary/aromatic N) is 5. The van der Waals surface area contributed by atoms with Crippen molar-refractivity contribution in [1.82, 2.24) is 25.5 Å². The average Bonchev–Trinajstić information content (AvgIpc) is 3.67. The number of nitrogens with one attached hydrogen (secondary N) is 1. The third-order valence-electron chi connectivity index (χ3n) is 10.3. The van der Waals surface area contributed by atoms with Crippen LogP contribution in [0.5, 0.6) is 0 Å². The van der Waals surface area contributed by atoms with Crippen molar-refractivity contribution < 1.29 is 18.0 Å². The van der Waals surface area contributed by atoms with E-state index in [0.29, 0.717) is 47.8 Å². The number of aromatic amines is 1. The van der Waals surface area contributed by atoms with Gasteiger partial charge in [-0.1, -0.05) is 90.1 Å². The second-order valence-corrected chi connectivity index (χ2v) is 18.3. The number of carbonyl (C=O) groups is 2. The number of hydrogen-bond acceptors (Lipinski definition) is 8. The van der Waals surface area contributed by atoms with Crippen LogP contribution in [-0.4, -0.2) is 62.8 Å². The second-order valence-electron chi connectivity index (χ2n) is 16.0. The highest BCUT2D eigenvalue weighted by atomic mass is 32.2. The maximum absolute atomic E-state index is 14.8. The van der Waals surface area contributed by atoms with Crippen molar-refractivity contribution in [3.8, 4) is 0 Å². The highest BCUT2D eigenvalue weighted by Crippen LogP contribution is 2.50. The highest BCUT2D eigenvalue weighted by Gasteiger charge is 2.52. The van der Waals surface area contributed by atoms with E-state index in [0.717, 1.165) is 44.1 Å². The van der Waals surface area contributed by atoms with Gasteiger partial charge in [0.2, 0.25) is 0 Å². The van der Waals surface area contributed by atoms with Gasteiger partial charge in [-0.2, -0.15) is 5.21 Å². The molecule has 0 radical (unpaired) electrons. The van der Waals surface area contributed by atoms with Crippen LogP contribution >= 0.6 is 0 Å². The fourth-order valence-corrected chi connectivity index (χ4v) is 8.21. The molecule has 264 valence electrons. The molecule has 49 heavy (non-hydrogen) atoms. The van der Waals surface area contributed by atoms with Gasteiger partial charge in [-0.15, -0.1) is 10.2 Å². The third-order valence-corrected chi connectivity index (χ3v) is 12.1. The number of benzene rings is 2. The summed E-state index contributed by atoms with van der Waals surface area (Å²) in [5.41, 5.74) is 1.90. The van der Waals surface area contributed by atoms with Crippen LogP contribution in [0.4, 0.5) is 0 Å². The number of hydrogen-bond donors (Lipinski definition) is 1. The fraction of sp³-hybridized carbons (Fsp3) is 0.579.